The Morgan fingerprint density at radius 2 is 1.91 bits per heavy atom. The van der Waals surface area contributed by atoms with Crippen LogP contribution in [-0.2, 0) is 9.53 Å². The molecule has 0 aromatic rings. The molecule has 1 saturated heterocycles. The molecule has 6 heteroatoms. The lowest BCUT2D eigenvalue weighted by molar-refractivity contribution is -0.144. The van der Waals surface area contributed by atoms with Crippen LogP contribution in [0, 0.1) is 5.92 Å². The van der Waals surface area contributed by atoms with Gasteiger partial charge in [0.1, 0.15) is 5.60 Å². The molecule has 0 radical (unpaired) electrons. The number of nitrogens with zero attached hydrogens (tertiary/aromatic N) is 2. The van der Waals surface area contributed by atoms with Gasteiger partial charge in [-0.2, -0.15) is 0 Å². The maximum Gasteiger partial charge on any atom is 0.410 e. The maximum absolute atomic E-state index is 12.3. The Morgan fingerprint density at radius 3 is 2.36 bits per heavy atom. The summed E-state index contributed by atoms with van der Waals surface area (Å²) in [7, 11) is 0. The molecule has 1 amide bonds. The zero-order chi connectivity index (χ0) is 16.9. The van der Waals surface area contributed by atoms with Gasteiger partial charge in [0.2, 0.25) is 0 Å². The lowest BCUT2D eigenvalue weighted by atomic mass is 9.93. The molecular weight excluding hydrogens is 284 g/mol. The molecule has 0 bridgehead atoms. The number of piperidine rings is 1. The van der Waals surface area contributed by atoms with Crippen LogP contribution in [-0.4, -0.2) is 64.8 Å². The summed E-state index contributed by atoms with van der Waals surface area (Å²) in [5, 5.41) is 9.38. The van der Waals surface area contributed by atoms with E-state index in [9.17, 15) is 14.7 Å². The van der Waals surface area contributed by atoms with E-state index < -0.39 is 23.6 Å². The van der Waals surface area contributed by atoms with Crippen molar-refractivity contribution in [1.29, 1.82) is 0 Å². The number of ether oxygens (including phenoxy) is 1. The molecule has 1 aliphatic rings. The number of likely N-dealkylation sites (N-methyl/N-ethyl adjacent to an activating group) is 1. The number of carbonyl (C=O) groups excluding carboxylic acids is 1. The molecule has 2 atom stereocenters. The Bertz CT molecular complexity index is 392. The SMILES string of the molecule is CCCN(CC)[C@H]1C[C@@H](C(=O)O)CN(C(=O)OC(C)(C)C)C1. The van der Waals surface area contributed by atoms with Crippen molar-refractivity contribution < 1.29 is 19.4 Å². The van der Waals surface area contributed by atoms with Gasteiger partial charge in [0.15, 0.2) is 0 Å². The van der Waals surface area contributed by atoms with Crippen molar-refractivity contribution in [2.45, 2.75) is 59.1 Å². The highest BCUT2D eigenvalue weighted by Crippen LogP contribution is 2.23. The van der Waals surface area contributed by atoms with Crippen molar-refractivity contribution in [1.82, 2.24) is 9.80 Å². The van der Waals surface area contributed by atoms with E-state index in [0.717, 1.165) is 19.5 Å². The lowest BCUT2D eigenvalue weighted by Gasteiger charge is -2.41. The Hall–Kier alpha value is -1.30. The molecule has 22 heavy (non-hydrogen) atoms. The molecule has 0 aromatic carbocycles. The predicted octanol–water partition coefficient (Wildman–Crippen LogP) is 2.43. The van der Waals surface area contributed by atoms with Crippen LogP contribution in [0.4, 0.5) is 4.79 Å². The van der Waals surface area contributed by atoms with Crippen molar-refractivity contribution in [2.24, 2.45) is 5.92 Å². The van der Waals surface area contributed by atoms with Crippen molar-refractivity contribution in [3.05, 3.63) is 0 Å². The largest absolute Gasteiger partial charge is 0.481 e. The normalized spacial score (nSPS) is 22.7. The Morgan fingerprint density at radius 1 is 1.27 bits per heavy atom. The Labute approximate surface area is 133 Å². The maximum atomic E-state index is 12.3. The van der Waals surface area contributed by atoms with Crippen LogP contribution in [0.15, 0.2) is 0 Å². The van der Waals surface area contributed by atoms with E-state index in [1.54, 1.807) is 4.90 Å². The van der Waals surface area contributed by atoms with Crippen LogP contribution in [0.25, 0.3) is 0 Å². The number of amides is 1. The van der Waals surface area contributed by atoms with Gasteiger partial charge in [-0.15, -0.1) is 0 Å². The molecule has 0 spiro atoms. The summed E-state index contributed by atoms with van der Waals surface area (Å²) in [5.41, 5.74) is -0.573. The summed E-state index contributed by atoms with van der Waals surface area (Å²) in [6.07, 6.45) is 1.17. The number of hydrogen-bond acceptors (Lipinski definition) is 4. The summed E-state index contributed by atoms with van der Waals surface area (Å²) < 4.78 is 5.40. The molecule has 128 valence electrons. The molecular formula is C16H30N2O4. The number of carbonyl (C=O) groups is 2. The highest BCUT2D eigenvalue weighted by Gasteiger charge is 2.37. The fourth-order valence-corrected chi connectivity index (χ4v) is 2.88. The van der Waals surface area contributed by atoms with Gasteiger partial charge in [-0.1, -0.05) is 13.8 Å². The molecule has 0 aliphatic carbocycles. The third kappa shape index (κ3) is 5.48. The number of carboxylic acid groups (broad SMARTS) is 1. The van der Waals surface area contributed by atoms with Gasteiger partial charge in [0.25, 0.3) is 0 Å². The predicted molar refractivity (Wildman–Crippen MR) is 84.9 cm³/mol. The first kappa shape index (κ1) is 18.7. The average Bonchev–Trinajstić information content (AvgIpc) is 2.42. The van der Waals surface area contributed by atoms with Gasteiger partial charge in [-0.05, 0) is 46.7 Å². The van der Waals surface area contributed by atoms with E-state index in [2.05, 4.69) is 18.7 Å². The van der Waals surface area contributed by atoms with Crippen LogP contribution < -0.4 is 0 Å². The fraction of sp³-hybridized carbons (Fsp3) is 0.875. The zero-order valence-electron chi connectivity index (χ0n) is 14.5. The van der Waals surface area contributed by atoms with E-state index in [1.165, 1.54) is 0 Å². The molecule has 0 unspecified atom stereocenters. The average molecular weight is 314 g/mol. The van der Waals surface area contributed by atoms with Gasteiger partial charge < -0.3 is 14.7 Å². The van der Waals surface area contributed by atoms with Crippen molar-refractivity contribution in [2.75, 3.05) is 26.2 Å². The molecule has 6 nitrogen and oxygen atoms in total. The number of likely N-dealkylation sites (tertiary alicyclic amines) is 1. The zero-order valence-corrected chi connectivity index (χ0v) is 14.5. The summed E-state index contributed by atoms with van der Waals surface area (Å²) >= 11 is 0. The third-order valence-corrected chi connectivity index (χ3v) is 3.86. The highest BCUT2D eigenvalue weighted by atomic mass is 16.6. The Kier molecular flexibility index (Phi) is 6.66. The second-order valence-corrected chi connectivity index (χ2v) is 6.94. The van der Waals surface area contributed by atoms with Crippen molar-refractivity contribution in [3.63, 3.8) is 0 Å². The van der Waals surface area contributed by atoms with Crippen LogP contribution in [0.5, 0.6) is 0 Å². The van der Waals surface area contributed by atoms with Gasteiger partial charge in [-0.25, -0.2) is 4.79 Å². The second-order valence-electron chi connectivity index (χ2n) is 6.94. The van der Waals surface area contributed by atoms with Crippen LogP contribution in [0.1, 0.15) is 47.5 Å². The Balaban J connectivity index is 2.84. The molecule has 0 saturated carbocycles. The van der Waals surface area contributed by atoms with Crippen LogP contribution in [0.2, 0.25) is 0 Å². The van der Waals surface area contributed by atoms with E-state index in [1.807, 2.05) is 20.8 Å². The van der Waals surface area contributed by atoms with Gasteiger partial charge >= 0.3 is 12.1 Å². The minimum absolute atomic E-state index is 0.0762. The minimum Gasteiger partial charge on any atom is -0.481 e. The van der Waals surface area contributed by atoms with Crippen LogP contribution >= 0.6 is 0 Å². The fourth-order valence-electron chi connectivity index (χ4n) is 2.88. The molecule has 1 N–H and O–H groups in total. The van der Waals surface area contributed by atoms with E-state index in [0.29, 0.717) is 13.0 Å². The molecule has 1 fully saturated rings. The number of rotatable bonds is 5. The number of aliphatic carboxylic acids is 1. The molecule has 1 heterocycles. The molecule has 0 aromatic heterocycles. The number of carboxylic acids is 1. The highest BCUT2D eigenvalue weighted by molar-refractivity contribution is 5.73. The quantitative estimate of drug-likeness (QED) is 0.844. The second kappa shape index (κ2) is 7.81. The topological polar surface area (TPSA) is 70.1 Å². The first-order valence-corrected chi connectivity index (χ1v) is 8.12. The summed E-state index contributed by atoms with van der Waals surface area (Å²) in [4.78, 5) is 27.5. The van der Waals surface area contributed by atoms with Crippen molar-refractivity contribution in [3.8, 4) is 0 Å². The summed E-state index contributed by atoms with van der Waals surface area (Å²) in [5.74, 6) is -1.37. The number of hydrogen-bond donors (Lipinski definition) is 1. The standard InChI is InChI=1S/C16H30N2O4/c1-6-8-17(7-2)13-9-12(14(19)20)10-18(11-13)15(21)22-16(3,4)5/h12-13H,6-11H2,1-5H3,(H,19,20)/t12-,13+/m1/s1. The monoisotopic (exact) mass is 314 g/mol. The van der Waals surface area contributed by atoms with Gasteiger partial charge in [-0.3, -0.25) is 9.69 Å². The third-order valence-electron chi connectivity index (χ3n) is 3.86. The van der Waals surface area contributed by atoms with E-state index in [4.69, 9.17) is 4.74 Å². The summed E-state index contributed by atoms with van der Waals surface area (Å²) in [6, 6.07) is 0.0762. The minimum atomic E-state index is -0.842. The lowest BCUT2D eigenvalue weighted by Crippen LogP contribution is -2.55. The molecule has 1 rings (SSSR count). The molecule has 1 aliphatic heterocycles. The smallest absolute Gasteiger partial charge is 0.410 e. The van der Waals surface area contributed by atoms with Gasteiger partial charge in [0, 0.05) is 19.1 Å². The first-order valence-electron chi connectivity index (χ1n) is 8.12. The van der Waals surface area contributed by atoms with Gasteiger partial charge in [0.05, 0.1) is 5.92 Å². The van der Waals surface area contributed by atoms with E-state index in [-0.39, 0.29) is 12.6 Å². The first-order chi connectivity index (χ1) is 10.2. The van der Waals surface area contributed by atoms with Crippen LogP contribution in [0.3, 0.4) is 0 Å². The van der Waals surface area contributed by atoms with Crippen molar-refractivity contribution >= 4 is 12.1 Å². The summed E-state index contributed by atoms with van der Waals surface area (Å²) in [6.45, 7) is 12.1. The van der Waals surface area contributed by atoms with E-state index >= 15 is 0 Å².